The molecular formula is C25H26ClFN4O6. The van der Waals surface area contributed by atoms with E-state index < -0.39 is 18.3 Å². The summed E-state index contributed by atoms with van der Waals surface area (Å²) in [5.74, 6) is 0.635. The van der Waals surface area contributed by atoms with Crippen molar-refractivity contribution < 1.29 is 33.2 Å². The molecule has 1 unspecified atom stereocenters. The summed E-state index contributed by atoms with van der Waals surface area (Å²) < 4.78 is 43.6. The normalized spacial score (nSPS) is 30.6. The summed E-state index contributed by atoms with van der Waals surface area (Å²) in [5, 5.41) is 13.6. The monoisotopic (exact) mass is 532 g/mol. The summed E-state index contributed by atoms with van der Waals surface area (Å²) in [6, 6.07) is 5.04. The number of pyridine rings is 1. The van der Waals surface area contributed by atoms with Gasteiger partial charge in [0.1, 0.15) is 41.8 Å². The van der Waals surface area contributed by atoms with Crippen LogP contribution in [0.1, 0.15) is 30.0 Å². The summed E-state index contributed by atoms with van der Waals surface area (Å²) in [6.07, 6.45) is 0.373. The van der Waals surface area contributed by atoms with Crippen molar-refractivity contribution in [2.24, 2.45) is 0 Å². The number of anilines is 1. The van der Waals surface area contributed by atoms with Crippen molar-refractivity contribution in [3.63, 3.8) is 0 Å². The fourth-order valence-electron chi connectivity index (χ4n) is 5.61. The number of aliphatic hydroxyl groups is 1. The molecule has 12 heteroatoms. The second kappa shape index (κ2) is 9.25. The number of aromatic amines is 1. The quantitative estimate of drug-likeness (QED) is 0.440. The molecule has 4 aliphatic rings. The number of aliphatic hydroxyl groups excluding tert-OH is 1. The van der Waals surface area contributed by atoms with Crippen LogP contribution in [0.2, 0.25) is 5.02 Å². The molecule has 196 valence electrons. The molecule has 0 bridgehead atoms. The van der Waals surface area contributed by atoms with Crippen LogP contribution in [0, 0.1) is 5.82 Å². The van der Waals surface area contributed by atoms with Crippen molar-refractivity contribution in [3.05, 3.63) is 40.2 Å². The van der Waals surface area contributed by atoms with E-state index in [4.69, 9.17) is 35.3 Å². The van der Waals surface area contributed by atoms with Gasteiger partial charge in [-0.05, 0) is 30.5 Å². The Kier molecular flexibility index (Phi) is 5.85. The van der Waals surface area contributed by atoms with Gasteiger partial charge in [0.2, 0.25) is 0 Å². The van der Waals surface area contributed by atoms with Gasteiger partial charge in [-0.1, -0.05) is 11.6 Å². The van der Waals surface area contributed by atoms with E-state index in [9.17, 15) is 5.11 Å². The number of H-pyrrole nitrogens is 1. The highest BCUT2D eigenvalue weighted by atomic mass is 35.5. The molecule has 0 amide bonds. The molecule has 3 N–H and O–H groups in total. The van der Waals surface area contributed by atoms with Crippen LogP contribution >= 0.6 is 11.6 Å². The molecule has 3 saturated heterocycles. The van der Waals surface area contributed by atoms with Crippen molar-refractivity contribution in [1.29, 1.82) is 0 Å². The molecule has 0 saturated carbocycles. The number of nitrogens with one attached hydrogen (secondary N) is 2. The van der Waals surface area contributed by atoms with Gasteiger partial charge in [-0.3, -0.25) is 0 Å². The van der Waals surface area contributed by atoms with Gasteiger partial charge in [0.05, 0.1) is 43.0 Å². The lowest BCUT2D eigenvalue weighted by molar-refractivity contribution is 0.00706. The van der Waals surface area contributed by atoms with Gasteiger partial charge in [-0.15, -0.1) is 0 Å². The van der Waals surface area contributed by atoms with Crippen LogP contribution in [0.5, 0.6) is 11.8 Å². The van der Waals surface area contributed by atoms with E-state index >= 15 is 4.39 Å². The third-order valence-electron chi connectivity index (χ3n) is 7.39. The van der Waals surface area contributed by atoms with Crippen molar-refractivity contribution in [2.75, 3.05) is 31.7 Å². The van der Waals surface area contributed by atoms with Gasteiger partial charge in [0.15, 0.2) is 11.8 Å². The molecule has 5 heterocycles. The number of benzene rings is 1. The number of imidazole rings is 1. The zero-order chi connectivity index (χ0) is 25.1. The number of nitrogens with zero attached hydrogens (tertiary/aromatic N) is 2. The van der Waals surface area contributed by atoms with Crippen molar-refractivity contribution in [2.45, 2.75) is 55.8 Å². The fourth-order valence-corrected chi connectivity index (χ4v) is 5.81. The number of aryl methyl sites for hydroxylation is 1. The zero-order valence-corrected chi connectivity index (χ0v) is 20.5. The Balaban J connectivity index is 1.08. The second-order valence-electron chi connectivity index (χ2n) is 9.87. The highest BCUT2D eigenvalue weighted by molar-refractivity contribution is 6.33. The highest BCUT2D eigenvalue weighted by Crippen LogP contribution is 2.40. The summed E-state index contributed by atoms with van der Waals surface area (Å²) in [7, 11) is 0. The third kappa shape index (κ3) is 4.28. The summed E-state index contributed by atoms with van der Waals surface area (Å²) in [6.45, 7) is 1.71. The number of rotatable bonds is 6. The molecule has 3 aromatic rings. The molecule has 3 aliphatic heterocycles. The van der Waals surface area contributed by atoms with Crippen LogP contribution in [-0.2, 0) is 20.6 Å². The first-order chi connectivity index (χ1) is 18.0. The minimum Gasteiger partial charge on any atom is -0.488 e. The molecular weight excluding hydrogens is 507 g/mol. The number of fused-ring (bicyclic) bond motifs is 3. The van der Waals surface area contributed by atoms with E-state index in [0.717, 1.165) is 12.0 Å². The first kappa shape index (κ1) is 23.4. The molecule has 3 fully saturated rings. The summed E-state index contributed by atoms with van der Waals surface area (Å²) in [4.78, 5) is 12.1. The fraction of sp³-hybridized carbons (Fsp3) is 0.520. The molecule has 1 aliphatic carbocycles. The average molecular weight is 533 g/mol. The number of hydrogen-bond donors (Lipinski definition) is 3. The van der Waals surface area contributed by atoms with E-state index in [2.05, 4.69) is 20.3 Å². The van der Waals surface area contributed by atoms with Crippen LogP contribution in [-0.4, -0.2) is 77.0 Å². The number of hydrogen-bond acceptors (Lipinski definition) is 9. The van der Waals surface area contributed by atoms with Gasteiger partial charge < -0.3 is 39.1 Å². The Hall–Kier alpha value is -2.70. The molecule has 1 aromatic carbocycles. The van der Waals surface area contributed by atoms with E-state index in [1.165, 1.54) is 6.07 Å². The standard InChI is InChI=1S/C25H26ClFN4O6/c26-14-7-17-24(31-25(29-17)37-19-10-35-21-18(32)9-34-22(19)21)30-23(14)28-16-2-1-11-5-13(6-15(27)20(11)16)36-12-3-4-33-8-12/h5-7,12,16,18-19,21-22,32H,1-4,8-10H2,(H2,28,29,30,31)/t12-,16?,18-,19-,21-,22-/m1/s1. The molecule has 6 atom stereocenters. The van der Waals surface area contributed by atoms with E-state index in [1.54, 1.807) is 6.07 Å². The molecule has 2 aromatic heterocycles. The minimum absolute atomic E-state index is 0.0369. The van der Waals surface area contributed by atoms with Crippen molar-refractivity contribution in [3.8, 4) is 11.8 Å². The third-order valence-corrected chi connectivity index (χ3v) is 7.68. The first-order valence-corrected chi connectivity index (χ1v) is 12.9. The van der Waals surface area contributed by atoms with E-state index in [-0.39, 0.29) is 43.3 Å². The van der Waals surface area contributed by atoms with Crippen LogP contribution in [0.4, 0.5) is 10.2 Å². The lowest BCUT2D eigenvalue weighted by atomic mass is 10.1. The maximum atomic E-state index is 15.2. The van der Waals surface area contributed by atoms with Gasteiger partial charge >= 0.3 is 0 Å². The van der Waals surface area contributed by atoms with Crippen molar-refractivity contribution in [1.82, 2.24) is 15.0 Å². The van der Waals surface area contributed by atoms with E-state index in [1.807, 2.05) is 6.07 Å². The second-order valence-corrected chi connectivity index (χ2v) is 10.3. The maximum absolute atomic E-state index is 15.2. The minimum atomic E-state index is -0.657. The Labute approximate surface area is 216 Å². The van der Waals surface area contributed by atoms with Gasteiger partial charge in [-0.25, -0.2) is 9.37 Å². The molecule has 10 nitrogen and oxygen atoms in total. The van der Waals surface area contributed by atoms with Gasteiger partial charge in [-0.2, -0.15) is 4.98 Å². The molecule has 7 rings (SSSR count). The lowest BCUT2D eigenvalue weighted by Crippen LogP contribution is -2.34. The molecule has 0 radical (unpaired) electrons. The van der Waals surface area contributed by atoms with E-state index in [0.29, 0.717) is 59.4 Å². The van der Waals surface area contributed by atoms with Crippen molar-refractivity contribution >= 4 is 28.6 Å². The SMILES string of the molecule is O[C@@H]1CO[C@H]2[C@@H]1OC[C@H]2Oc1nc2nc(NC3CCc4cc(O[C@@H]5CCOC5)cc(F)c43)c(Cl)cc2[nH]1. The Morgan fingerprint density at radius 3 is 2.84 bits per heavy atom. The predicted molar refractivity (Wildman–Crippen MR) is 130 cm³/mol. The first-order valence-electron chi connectivity index (χ1n) is 12.5. The van der Waals surface area contributed by atoms with Crippen LogP contribution < -0.4 is 14.8 Å². The molecule has 0 spiro atoms. The van der Waals surface area contributed by atoms with Gasteiger partial charge in [0, 0.05) is 18.1 Å². The van der Waals surface area contributed by atoms with Crippen LogP contribution in [0.15, 0.2) is 18.2 Å². The predicted octanol–water partition coefficient (Wildman–Crippen LogP) is 2.92. The lowest BCUT2D eigenvalue weighted by Gasteiger charge is -2.18. The Morgan fingerprint density at radius 1 is 1.08 bits per heavy atom. The zero-order valence-electron chi connectivity index (χ0n) is 19.8. The largest absolute Gasteiger partial charge is 0.488 e. The Bertz CT molecular complexity index is 1330. The van der Waals surface area contributed by atoms with Crippen LogP contribution in [0.3, 0.4) is 0 Å². The van der Waals surface area contributed by atoms with Crippen LogP contribution in [0.25, 0.3) is 11.2 Å². The number of aromatic nitrogens is 3. The van der Waals surface area contributed by atoms with Gasteiger partial charge in [0.25, 0.3) is 6.01 Å². The number of ether oxygens (including phenoxy) is 5. The number of halogens is 2. The summed E-state index contributed by atoms with van der Waals surface area (Å²) >= 11 is 6.53. The maximum Gasteiger partial charge on any atom is 0.296 e. The summed E-state index contributed by atoms with van der Waals surface area (Å²) in [5.41, 5.74) is 2.53. The molecule has 37 heavy (non-hydrogen) atoms. The Morgan fingerprint density at radius 2 is 1.97 bits per heavy atom. The average Bonchev–Trinajstić information content (AvgIpc) is 3.67. The topological polar surface area (TPSA) is 120 Å². The highest BCUT2D eigenvalue weighted by Gasteiger charge is 2.48. The smallest absolute Gasteiger partial charge is 0.296 e.